The molecule has 1 aliphatic carbocycles. The summed E-state index contributed by atoms with van der Waals surface area (Å²) < 4.78 is 5.23. The van der Waals surface area contributed by atoms with Crippen molar-refractivity contribution in [1.29, 1.82) is 0 Å². The predicted octanol–water partition coefficient (Wildman–Crippen LogP) is 3.58. The molecule has 1 aliphatic rings. The van der Waals surface area contributed by atoms with Gasteiger partial charge in [0.25, 0.3) is 0 Å². The fraction of sp³-hybridized carbons (Fsp3) is 0.500. The smallest absolute Gasteiger partial charge is 0.408 e. The topological polar surface area (TPSA) is 55.4 Å². The molecule has 0 spiro atoms. The van der Waals surface area contributed by atoms with Crippen LogP contribution in [0.4, 0.5) is 4.79 Å². The first kappa shape index (κ1) is 16.0. The van der Waals surface area contributed by atoms with E-state index < -0.39 is 11.6 Å². The molecular weight excluding hydrogens is 334 g/mol. The normalized spacial score (nSPS) is 17.0. The van der Waals surface area contributed by atoms with E-state index in [0.29, 0.717) is 12.8 Å². The van der Waals surface area contributed by atoms with Crippen molar-refractivity contribution >= 4 is 27.8 Å². The molecule has 0 aliphatic heterocycles. The van der Waals surface area contributed by atoms with E-state index in [1.165, 1.54) is 0 Å². The van der Waals surface area contributed by atoms with Gasteiger partial charge in [0.15, 0.2) is 5.78 Å². The minimum atomic E-state index is -0.754. The minimum Gasteiger partial charge on any atom is -0.445 e. The van der Waals surface area contributed by atoms with Crippen molar-refractivity contribution in [3.05, 3.63) is 35.9 Å². The molecule has 5 heteroatoms. The molecule has 0 saturated heterocycles. The Bertz CT molecular complexity index is 484. The molecule has 1 aromatic carbocycles. The van der Waals surface area contributed by atoms with Crippen molar-refractivity contribution < 1.29 is 14.3 Å². The first-order valence-corrected chi connectivity index (χ1v) is 8.36. The number of benzene rings is 1. The number of alkyl carbamates (subject to hydrolysis) is 1. The highest BCUT2D eigenvalue weighted by atomic mass is 79.9. The lowest BCUT2D eigenvalue weighted by Gasteiger charge is -2.35. The SMILES string of the molecule is O=C(NC1(C(=O)CBr)CCCCC1)OCc1ccccc1. The number of carbonyl (C=O) groups is 2. The fourth-order valence-corrected chi connectivity index (χ4v) is 3.25. The zero-order valence-corrected chi connectivity index (χ0v) is 13.5. The van der Waals surface area contributed by atoms with Gasteiger partial charge in [0.2, 0.25) is 0 Å². The summed E-state index contributed by atoms with van der Waals surface area (Å²) >= 11 is 3.21. The highest BCUT2D eigenvalue weighted by molar-refractivity contribution is 9.09. The predicted molar refractivity (Wildman–Crippen MR) is 84.4 cm³/mol. The van der Waals surface area contributed by atoms with Gasteiger partial charge in [-0.25, -0.2) is 4.79 Å². The first-order chi connectivity index (χ1) is 10.2. The van der Waals surface area contributed by atoms with Gasteiger partial charge in [-0.2, -0.15) is 0 Å². The van der Waals surface area contributed by atoms with Crippen molar-refractivity contribution in [2.75, 3.05) is 5.33 Å². The number of carbonyl (C=O) groups excluding carboxylic acids is 2. The van der Waals surface area contributed by atoms with Gasteiger partial charge < -0.3 is 10.1 Å². The molecule has 114 valence electrons. The second-order valence-electron chi connectivity index (χ2n) is 5.39. The lowest BCUT2D eigenvalue weighted by molar-refractivity contribution is -0.123. The van der Waals surface area contributed by atoms with E-state index in [1.807, 2.05) is 30.3 Å². The molecule has 1 amide bonds. The van der Waals surface area contributed by atoms with Gasteiger partial charge in [-0.15, -0.1) is 0 Å². The van der Waals surface area contributed by atoms with Gasteiger partial charge in [0, 0.05) is 0 Å². The van der Waals surface area contributed by atoms with Crippen molar-refractivity contribution in [1.82, 2.24) is 5.32 Å². The van der Waals surface area contributed by atoms with Crippen LogP contribution in [0.25, 0.3) is 0 Å². The van der Waals surface area contributed by atoms with Crippen LogP contribution in [0, 0.1) is 0 Å². The number of alkyl halides is 1. The number of ether oxygens (including phenoxy) is 1. The third kappa shape index (κ3) is 4.30. The molecular formula is C16H20BrNO3. The van der Waals surface area contributed by atoms with Crippen molar-refractivity contribution in [2.24, 2.45) is 0 Å². The Kier molecular flexibility index (Phi) is 5.79. The van der Waals surface area contributed by atoms with Gasteiger partial charge in [-0.3, -0.25) is 4.79 Å². The highest BCUT2D eigenvalue weighted by Crippen LogP contribution is 2.29. The van der Waals surface area contributed by atoms with Gasteiger partial charge >= 0.3 is 6.09 Å². The van der Waals surface area contributed by atoms with E-state index >= 15 is 0 Å². The molecule has 1 N–H and O–H groups in total. The summed E-state index contributed by atoms with van der Waals surface area (Å²) in [6.07, 6.45) is 3.89. The maximum absolute atomic E-state index is 12.2. The summed E-state index contributed by atoms with van der Waals surface area (Å²) in [5.41, 5.74) is 0.173. The van der Waals surface area contributed by atoms with Crippen molar-refractivity contribution in [3.8, 4) is 0 Å². The number of ketones is 1. The first-order valence-electron chi connectivity index (χ1n) is 7.24. The van der Waals surface area contributed by atoms with E-state index in [0.717, 1.165) is 24.8 Å². The Hall–Kier alpha value is -1.36. The van der Waals surface area contributed by atoms with Crippen LogP contribution in [0.3, 0.4) is 0 Å². The molecule has 0 unspecified atom stereocenters. The van der Waals surface area contributed by atoms with Crippen molar-refractivity contribution in [3.63, 3.8) is 0 Å². The number of amides is 1. The second kappa shape index (κ2) is 7.59. The average molecular weight is 354 g/mol. The summed E-state index contributed by atoms with van der Waals surface area (Å²) in [5.74, 6) is 0.0267. The Morgan fingerprint density at radius 3 is 2.43 bits per heavy atom. The summed E-state index contributed by atoms with van der Waals surface area (Å²) in [5, 5.41) is 3.07. The van der Waals surface area contributed by atoms with Gasteiger partial charge in [-0.1, -0.05) is 65.5 Å². The Morgan fingerprint density at radius 1 is 1.14 bits per heavy atom. The van der Waals surface area contributed by atoms with E-state index in [4.69, 9.17) is 4.74 Å². The summed E-state index contributed by atoms with van der Waals surface area (Å²) in [6.45, 7) is 0.214. The molecule has 4 nitrogen and oxygen atoms in total. The second-order valence-corrected chi connectivity index (χ2v) is 5.95. The zero-order chi connectivity index (χ0) is 15.1. The van der Waals surface area contributed by atoms with Crippen LogP contribution < -0.4 is 5.32 Å². The van der Waals surface area contributed by atoms with Gasteiger partial charge in [0.05, 0.1) is 5.33 Å². The summed E-state index contributed by atoms with van der Waals surface area (Å²) in [7, 11) is 0. The van der Waals surface area contributed by atoms with Crippen LogP contribution in [0.1, 0.15) is 37.7 Å². The molecule has 1 aromatic rings. The fourth-order valence-electron chi connectivity index (χ4n) is 2.71. The van der Waals surface area contributed by atoms with Crippen LogP contribution in [0.2, 0.25) is 0 Å². The quantitative estimate of drug-likeness (QED) is 0.823. The Labute approximate surface area is 133 Å². The summed E-state index contributed by atoms with van der Waals surface area (Å²) in [4.78, 5) is 24.2. The molecule has 1 saturated carbocycles. The van der Waals surface area contributed by atoms with Gasteiger partial charge in [-0.05, 0) is 18.4 Å². The number of hydrogen-bond acceptors (Lipinski definition) is 3. The summed E-state index contributed by atoms with van der Waals surface area (Å²) in [6, 6.07) is 9.50. The lowest BCUT2D eigenvalue weighted by Crippen LogP contribution is -2.56. The molecule has 0 radical (unpaired) electrons. The molecule has 0 aromatic heterocycles. The van der Waals surface area contributed by atoms with Crippen LogP contribution in [0.5, 0.6) is 0 Å². The average Bonchev–Trinajstić information content (AvgIpc) is 2.54. The number of nitrogens with one attached hydrogen (secondary N) is 1. The molecule has 0 bridgehead atoms. The Morgan fingerprint density at radius 2 is 1.81 bits per heavy atom. The zero-order valence-electron chi connectivity index (χ0n) is 11.9. The van der Waals surface area contributed by atoms with Crippen LogP contribution in [0.15, 0.2) is 30.3 Å². The van der Waals surface area contributed by atoms with E-state index in [9.17, 15) is 9.59 Å². The van der Waals surface area contributed by atoms with Crippen LogP contribution in [-0.2, 0) is 16.1 Å². The maximum Gasteiger partial charge on any atom is 0.408 e. The van der Waals surface area contributed by atoms with E-state index in [-0.39, 0.29) is 17.7 Å². The monoisotopic (exact) mass is 353 g/mol. The third-order valence-corrected chi connectivity index (χ3v) is 4.43. The highest BCUT2D eigenvalue weighted by Gasteiger charge is 2.40. The minimum absolute atomic E-state index is 0.0267. The molecule has 1 fully saturated rings. The van der Waals surface area contributed by atoms with Crippen LogP contribution >= 0.6 is 15.9 Å². The molecule has 2 rings (SSSR count). The molecule has 21 heavy (non-hydrogen) atoms. The van der Waals surface area contributed by atoms with E-state index in [1.54, 1.807) is 0 Å². The third-order valence-electron chi connectivity index (χ3n) is 3.92. The van der Waals surface area contributed by atoms with Crippen LogP contribution in [-0.4, -0.2) is 22.7 Å². The molecule has 0 atom stereocenters. The maximum atomic E-state index is 12.2. The lowest BCUT2D eigenvalue weighted by atomic mass is 9.79. The van der Waals surface area contributed by atoms with E-state index in [2.05, 4.69) is 21.2 Å². The number of hydrogen-bond donors (Lipinski definition) is 1. The largest absolute Gasteiger partial charge is 0.445 e. The number of halogens is 1. The van der Waals surface area contributed by atoms with Crippen molar-refractivity contribution in [2.45, 2.75) is 44.2 Å². The van der Waals surface area contributed by atoms with Gasteiger partial charge in [0.1, 0.15) is 12.1 Å². The number of Topliss-reactive ketones (excluding diaryl/α,β-unsaturated/α-hetero) is 1. The Balaban J connectivity index is 1.93. The number of rotatable bonds is 5. The standard InChI is InChI=1S/C16H20BrNO3/c17-11-14(19)16(9-5-2-6-10-16)18-15(20)21-12-13-7-3-1-4-8-13/h1,3-4,7-8H,2,5-6,9-12H2,(H,18,20). The molecule has 0 heterocycles.